The summed E-state index contributed by atoms with van der Waals surface area (Å²) < 4.78 is 10.3. The van der Waals surface area contributed by atoms with Crippen LogP contribution < -0.4 is 9.47 Å². The highest BCUT2D eigenvalue weighted by molar-refractivity contribution is 5.66. The summed E-state index contributed by atoms with van der Waals surface area (Å²) in [6.07, 6.45) is 3.97. The molecule has 0 aromatic heterocycles. The molecule has 0 bridgehead atoms. The van der Waals surface area contributed by atoms with Gasteiger partial charge in [0, 0.05) is 11.1 Å². The van der Waals surface area contributed by atoms with E-state index in [0.29, 0.717) is 24.0 Å². The lowest BCUT2D eigenvalue weighted by Gasteiger charge is -2.18. The van der Waals surface area contributed by atoms with Gasteiger partial charge in [-0.1, -0.05) is 12.2 Å². The van der Waals surface area contributed by atoms with Crippen molar-refractivity contribution in [2.24, 2.45) is 0 Å². The van der Waals surface area contributed by atoms with Gasteiger partial charge in [-0.15, -0.1) is 13.2 Å². The molecular weight excluding hydrogens is 232 g/mol. The van der Waals surface area contributed by atoms with Crippen molar-refractivity contribution in [1.29, 1.82) is 0 Å². The van der Waals surface area contributed by atoms with Gasteiger partial charge in [-0.25, -0.2) is 0 Å². The highest BCUT2D eigenvalue weighted by Crippen LogP contribution is 2.47. The SMILES string of the molecule is C=CCc1c(O)c(OC)c(CC=C)c(O)c1OC. The van der Waals surface area contributed by atoms with Gasteiger partial charge in [-0.3, -0.25) is 0 Å². The molecule has 18 heavy (non-hydrogen) atoms. The molecule has 0 aliphatic rings. The van der Waals surface area contributed by atoms with E-state index in [-0.39, 0.29) is 23.0 Å². The first kappa shape index (κ1) is 14.0. The molecule has 1 aromatic carbocycles. The van der Waals surface area contributed by atoms with Crippen molar-refractivity contribution in [2.45, 2.75) is 12.8 Å². The van der Waals surface area contributed by atoms with E-state index >= 15 is 0 Å². The number of allylic oxidation sites excluding steroid dienone is 2. The Morgan fingerprint density at radius 2 is 1.22 bits per heavy atom. The molecule has 0 fully saturated rings. The molecule has 4 heteroatoms. The van der Waals surface area contributed by atoms with Gasteiger partial charge in [0.2, 0.25) is 0 Å². The number of ether oxygens (including phenoxy) is 2. The van der Waals surface area contributed by atoms with Crippen molar-refractivity contribution in [2.75, 3.05) is 14.2 Å². The van der Waals surface area contributed by atoms with Crippen molar-refractivity contribution in [3.63, 3.8) is 0 Å². The van der Waals surface area contributed by atoms with Crippen LogP contribution in [0.1, 0.15) is 11.1 Å². The quantitative estimate of drug-likeness (QED) is 0.602. The first-order valence-electron chi connectivity index (χ1n) is 5.51. The summed E-state index contributed by atoms with van der Waals surface area (Å²) in [5.74, 6) is 0.405. The Morgan fingerprint density at radius 1 is 0.889 bits per heavy atom. The summed E-state index contributed by atoms with van der Waals surface area (Å²) >= 11 is 0. The lowest BCUT2D eigenvalue weighted by atomic mass is 10.0. The summed E-state index contributed by atoms with van der Waals surface area (Å²) in [5, 5.41) is 20.3. The molecule has 0 amide bonds. The molecule has 1 rings (SSSR count). The summed E-state index contributed by atoms with van der Waals surface area (Å²) in [4.78, 5) is 0. The zero-order valence-electron chi connectivity index (χ0n) is 10.7. The van der Waals surface area contributed by atoms with Gasteiger partial charge in [0.05, 0.1) is 14.2 Å². The van der Waals surface area contributed by atoms with Gasteiger partial charge < -0.3 is 19.7 Å². The van der Waals surface area contributed by atoms with Gasteiger partial charge in [-0.2, -0.15) is 0 Å². The molecule has 0 heterocycles. The highest BCUT2D eigenvalue weighted by Gasteiger charge is 2.23. The number of rotatable bonds is 6. The van der Waals surface area contributed by atoms with E-state index in [0.717, 1.165) is 0 Å². The molecule has 0 saturated heterocycles. The zero-order chi connectivity index (χ0) is 13.7. The highest BCUT2D eigenvalue weighted by atomic mass is 16.5. The second-order valence-electron chi connectivity index (χ2n) is 3.71. The molecule has 0 aliphatic heterocycles. The molecule has 0 radical (unpaired) electrons. The standard InChI is InChI=1S/C14H18O4/c1-5-7-9-11(15)14(18-4)10(8-6-2)12(16)13(9)17-3/h5-6,15-16H,1-2,7-8H2,3-4H3. The van der Waals surface area contributed by atoms with Crippen molar-refractivity contribution < 1.29 is 19.7 Å². The lowest BCUT2D eigenvalue weighted by Crippen LogP contribution is -2.00. The number of hydrogen-bond donors (Lipinski definition) is 2. The van der Waals surface area contributed by atoms with Crippen LogP contribution in [-0.2, 0) is 12.8 Å². The maximum atomic E-state index is 10.2. The molecule has 0 unspecified atom stereocenters. The summed E-state index contributed by atoms with van der Waals surface area (Å²) in [7, 11) is 2.87. The van der Waals surface area contributed by atoms with E-state index in [1.807, 2.05) is 0 Å². The van der Waals surface area contributed by atoms with Crippen molar-refractivity contribution in [1.82, 2.24) is 0 Å². The van der Waals surface area contributed by atoms with E-state index in [2.05, 4.69) is 13.2 Å². The number of methoxy groups -OCH3 is 2. The Hall–Kier alpha value is -2.10. The van der Waals surface area contributed by atoms with Crippen LogP contribution in [0.25, 0.3) is 0 Å². The normalized spacial score (nSPS) is 9.89. The van der Waals surface area contributed by atoms with E-state index in [4.69, 9.17) is 9.47 Å². The van der Waals surface area contributed by atoms with Gasteiger partial charge >= 0.3 is 0 Å². The fourth-order valence-electron chi connectivity index (χ4n) is 1.88. The Labute approximate surface area is 107 Å². The van der Waals surface area contributed by atoms with Crippen LogP contribution >= 0.6 is 0 Å². The molecule has 0 atom stereocenters. The van der Waals surface area contributed by atoms with Crippen LogP contribution in [0.4, 0.5) is 0 Å². The molecule has 98 valence electrons. The molecule has 0 aliphatic carbocycles. The van der Waals surface area contributed by atoms with Crippen molar-refractivity contribution in [3.8, 4) is 23.0 Å². The summed E-state index contributed by atoms with van der Waals surface area (Å²) in [6, 6.07) is 0. The molecule has 2 N–H and O–H groups in total. The first-order valence-corrected chi connectivity index (χ1v) is 5.51. The average Bonchev–Trinajstić information content (AvgIpc) is 2.36. The Kier molecular flexibility index (Phi) is 4.66. The Morgan fingerprint density at radius 3 is 1.44 bits per heavy atom. The van der Waals surface area contributed by atoms with Gasteiger partial charge in [0.15, 0.2) is 23.0 Å². The van der Waals surface area contributed by atoms with Crippen molar-refractivity contribution >= 4 is 0 Å². The monoisotopic (exact) mass is 250 g/mol. The van der Waals surface area contributed by atoms with Crippen LogP contribution in [-0.4, -0.2) is 24.4 Å². The Bertz CT molecular complexity index is 420. The molecule has 1 aromatic rings. The predicted molar refractivity (Wildman–Crippen MR) is 70.7 cm³/mol. The smallest absolute Gasteiger partial charge is 0.168 e. The largest absolute Gasteiger partial charge is 0.504 e. The second-order valence-corrected chi connectivity index (χ2v) is 3.71. The molecule has 4 nitrogen and oxygen atoms in total. The minimum atomic E-state index is -0.0381. The topological polar surface area (TPSA) is 58.9 Å². The predicted octanol–water partition coefficient (Wildman–Crippen LogP) is 2.57. The number of phenols is 2. The number of phenolic OH excluding ortho intramolecular Hbond substituents is 2. The minimum absolute atomic E-state index is 0.0381. The van der Waals surface area contributed by atoms with Gasteiger partial charge in [-0.05, 0) is 12.8 Å². The Balaban J connectivity index is 3.60. The van der Waals surface area contributed by atoms with Gasteiger partial charge in [0.1, 0.15) is 0 Å². The van der Waals surface area contributed by atoms with Crippen molar-refractivity contribution in [3.05, 3.63) is 36.4 Å². The second kappa shape index (κ2) is 6.00. The number of hydrogen-bond acceptors (Lipinski definition) is 4. The average molecular weight is 250 g/mol. The van der Waals surface area contributed by atoms with E-state index in [9.17, 15) is 10.2 Å². The van der Waals surface area contributed by atoms with Crippen LogP contribution in [0.2, 0.25) is 0 Å². The fraction of sp³-hybridized carbons (Fsp3) is 0.286. The summed E-state index contributed by atoms with van der Waals surface area (Å²) in [5.41, 5.74) is 0.907. The third-order valence-corrected chi connectivity index (χ3v) is 2.66. The van der Waals surface area contributed by atoms with Gasteiger partial charge in [0.25, 0.3) is 0 Å². The van der Waals surface area contributed by atoms with E-state index in [1.165, 1.54) is 14.2 Å². The third-order valence-electron chi connectivity index (χ3n) is 2.66. The first-order chi connectivity index (χ1) is 8.62. The lowest BCUT2D eigenvalue weighted by molar-refractivity contribution is 0.337. The number of benzene rings is 1. The fourth-order valence-corrected chi connectivity index (χ4v) is 1.88. The van der Waals surface area contributed by atoms with Crippen LogP contribution in [0, 0.1) is 0 Å². The van der Waals surface area contributed by atoms with E-state index < -0.39 is 0 Å². The maximum absolute atomic E-state index is 10.2. The minimum Gasteiger partial charge on any atom is -0.504 e. The zero-order valence-corrected chi connectivity index (χ0v) is 10.7. The molecule has 0 spiro atoms. The maximum Gasteiger partial charge on any atom is 0.168 e. The van der Waals surface area contributed by atoms with Crippen LogP contribution in [0.5, 0.6) is 23.0 Å². The summed E-state index contributed by atoms with van der Waals surface area (Å²) in [6.45, 7) is 7.22. The van der Waals surface area contributed by atoms with Crippen LogP contribution in [0.15, 0.2) is 25.3 Å². The molecular formula is C14H18O4. The number of aromatic hydroxyl groups is 2. The van der Waals surface area contributed by atoms with Crippen LogP contribution in [0.3, 0.4) is 0 Å². The third kappa shape index (κ3) is 2.27. The van der Waals surface area contributed by atoms with E-state index in [1.54, 1.807) is 12.2 Å². The molecule has 0 saturated carbocycles.